The Morgan fingerprint density at radius 3 is 3.00 bits per heavy atom. The van der Waals surface area contributed by atoms with E-state index in [1.165, 1.54) is 12.8 Å². The number of hydrogen-bond acceptors (Lipinski definition) is 4. The zero-order valence-corrected chi connectivity index (χ0v) is 11.0. The van der Waals surface area contributed by atoms with Gasteiger partial charge in [0, 0.05) is 31.4 Å². The number of pyridine rings is 1. The van der Waals surface area contributed by atoms with Gasteiger partial charge in [0.25, 0.3) is 0 Å². The lowest BCUT2D eigenvalue weighted by Crippen LogP contribution is -2.30. The lowest BCUT2D eigenvalue weighted by molar-refractivity contribution is 0.279. The highest BCUT2D eigenvalue weighted by Gasteiger charge is 2.24. The number of aliphatic hydroxyl groups is 1. The Labute approximate surface area is 109 Å². The highest BCUT2D eigenvalue weighted by Crippen LogP contribution is 2.27. The van der Waals surface area contributed by atoms with Crippen molar-refractivity contribution in [2.75, 3.05) is 18.1 Å². The number of rotatable bonds is 5. The summed E-state index contributed by atoms with van der Waals surface area (Å²) in [5.74, 6) is 1.04. The molecule has 0 radical (unpaired) electrons. The SMILES string of the molecule is C[C@H](N)c1ccc(N2CCCC2CCCO)nc1. The Kier molecular flexibility index (Phi) is 4.55. The molecule has 1 fully saturated rings. The molecule has 0 saturated carbocycles. The minimum absolute atomic E-state index is 0.0373. The quantitative estimate of drug-likeness (QED) is 0.836. The fourth-order valence-corrected chi connectivity index (χ4v) is 2.60. The first-order chi connectivity index (χ1) is 8.72. The van der Waals surface area contributed by atoms with Crippen molar-refractivity contribution in [2.24, 2.45) is 5.73 Å². The summed E-state index contributed by atoms with van der Waals surface area (Å²) in [7, 11) is 0. The van der Waals surface area contributed by atoms with E-state index < -0.39 is 0 Å². The van der Waals surface area contributed by atoms with Crippen LogP contribution in [0.2, 0.25) is 0 Å². The first-order valence-electron chi connectivity index (χ1n) is 6.81. The van der Waals surface area contributed by atoms with Crippen LogP contribution >= 0.6 is 0 Å². The number of aliphatic hydroxyl groups excluding tert-OH is 1. The van der Waals surface area contributed by atoms with Crippen molar-refractivity contribution in [1.29, 1.82) is 0 Å². The molecule has 0 aromatic carbocycles. The van der Waals surface area contributed by atoms with E-state index in [2.05, 4.69) is 22.0 Å². The average Bonchev–Trinajstić information content (AvgIpc) is 2.84. The molecule has 1 aliphatic rings. The van der Waals surface area contributed by atoms with Crippen LogP contribution in [-0.4, -0.2) is 29.3 Å². The Balaban J connectivity index is 2.05. The molecule has 4 nitrogen and oxygen atoms in total. The Morgan fingerprint density at radius 2 is 2.39 bits per heavy atom. The third-order valence-corrected chi connectivity index (χ3v) is 3.66. The van der Waals surface area contributed by atoms with Gasteiger partial charge in [-0.25, -0.2) is 4.98 Å². The predicted molar refractivity (Wildman–Crippen MR) is 73.5 cm³/mol. The van der Waals surface area contributed by atoms with Crippen LogP contribution in [0, 0.1) is 0 Å². The van der Waals surface area contributed by atoms with Gasteiger partial charge in [0.1, 0.15) is 5.82 Å². The van der Waals surface area contributed by atoms with E-state index in [9.17, 15) is 0 Å². The molecule has 2 atom stereocenters. The van der Waals surface area contributed by atoms with Crippen LogP contribution in [0.15, 0.2) is 18.3 Å². The molecule has 3 N–H and O–H groups in total. The topological polar surface area (TPSA) is 62.4 Å². The molecule has 100 valence electrons. The second kappa shape index (κ2) is 6.16. The van der Waals surface area contributed by atoms with E-state index in [1.54, 1.807) is 0 Å². The molecule has 0 bridgehead atoms. The van der Waals surface area contributed by atoms with Gasteiger partial charge in [-0.3, -0.25) is 0 Å². The standard InChI is InChI=1S/C14H23N3O/c1-11(15)12-6-7-14(16-10-12)17-8-2-4-13(17)5-3-9-18/h6-7,10-11,13,18H,2-5,8-9,15H2,1H3/t11-,13?/m0/s1. The van der Waals surface area contributed by atoms with Crippen molar-refractivity contribution in [2.45, 2.75) is 44.7 Å². The smallest absolute Gasteiger partial charge is 0.128 e. The minimum atomic E-state index is 0.0373. The molecule has 0 spiro atoms. The van der Waals surface area contributed by atoms with Gasteiger partial charge in [0.15, 0.2) is 0 Å². The largest absolute Gasteiger partial charge is 0.396 e. The van der Waals surface area contributed by atoms with E-state index in [0.29, 0.717) is 6.04 Å². The van der Waals surface area contributed by atoms with Crippen molar-refractivity contribution in [1.82, 2.24) is 4.98 Å². The first kappa shape index (κ1) is 13.3. The van der Waals surface area contributed by atoms with Crippen LogP contribution < -0.4 is 10.6 Å². The fraction of sp³-hybridized carbons (Fsp3) is 0.643. The molecule has 1 aromatic rings. The number of anilines is 1. The van der Waals surface area contributed by atoms with Crippen molar-refractivity contribution in [3.8, 4) is 0 Å². The summed E-state index contributed by atoms with van der Waals surface area (Å²) < 4.78 is 0. The van der Waals surface area contributed by atoms with Crippen molar-refractivity contribution < 1.29 is 5.11 Å². The maximum Gasteiger partial charge on any atom is 0.128 e. The summed E-state index contributed by atoms with van der Waals surface area (Å²) in [4.78, 5) is 6.89. The van der Waals surface area contributed by atoms with E-state index in [1.807, 2.05) is 13.1 Å². The van der Waals surface area contributed by atoms with E-state index >= 15 is 0 Å². The van der Waals surface area contributed by atoms with Gasteiger partial charge in [-0.2, -0.15) is 0 Å². The van der Waals surface area contributed by atoms with Crippen LogP contribution in [0.3, 0.4) is 0 Å². The van der Waals surface area contributed by atoms with Crippen LogP contribution in [0.4, 0.5) is 5.82 Å². The van der Waals surface area contributed by atoms with Gasteiger partial charge in [-0.05, 0) is 44.2 Å². The van der Waals surface area contributed by atoms with E-state index in [0.717, 1.165) is 30.8 Å². The fourth-order valence-electron chi connectivity index (χ4n) is 2.60. The predicted octanol–water partition coefficient (Wildman–Crippen LogP) is 1.84. The van der Waals surface area contributed by atoms with E-state index in [4.69, 9.17) is 10.8 Å². The van der Waals surface area contributed by atoms with Gasteiger partial charge in [0.05, 0.1) is 0 Å². The van der Waals surface area contributed by atoms with Gasteiger partial charge >= 0.3 is 0 Å². The molecule has 2 rings (SSSR count). The van der Waals surface area contributed by atoms with Gasteiger partial charge < -0.3 is 15.7 Å². The lowest BCUT2D eigenvalue weighted by Gasteiger charge is -2.25. The van der Waals surface area contributed by atoms with Crippen molar-refractivity contribution in [3.05, 3.63) is 23.9 Å². The summed E-state index contributed by atoms with van der Waals surface area (Å²) >= 11 is 0. The monoisotopic (exact) mass is 249 g/mol. The molecule has 1 aliphatic heterocycles. The second-order valence-electron chi connectivity index (χ2n) is 5.09. The van der Waals surface area contributed by atoms with Crippen molar-refractivity contribution >= 4 is 5.82 Å². The van der Waals surface area contributed by atoms with Gasteiger partial charge in [0.2, 0.25) is 0 Å². The third kappa shape index (κ3) is 3.00. The maximum absolute atomic E-state index is 8.93. The Morgan fingerprint density at radius 1 is 1.56 bits per heavy atom. The van der Waals surface area contributed by atoms with E-state index in [-0.39, 0.29) is 12.6 Å². The molecule has 0 aliphatic carbocycles. The minimum Gasteiger partial charge on any atom is -0.396 e. The average molecular weight is 249 g/mol. The summed E-state index contributed by atoms with van der Waals surface area (Å²) in [6.07, 6.45) is 6.22. The molecule has 0 amide bonds. The number of nitrogens with two attached hydrogens (primary N) is 1. The summed E-state index contributed by atoms with van der Waals surface area (Å²) in [5.41, 5.74) is 6.90. The first-order valence-corrected chi connectivity index (χ1v) is 6.81. The highest BCUT2D eigenvalue weighted by atomic mass is 16.2. The molecular formula is C14H23N3O. The number of hydrogen-bond donors (Lipinski definition) is 2. The molecule has 1 aromatic heterocycles. The van der Waals surface area contributed by atoms with Crippen LogP contribution in [0.5, 0.6) is 0 Å². The lowest BCUT2D eigenvalue weighted by atomic mass is 10.1. The summed E-state index contributed by atoms with van der Waals surface area (Å²) in [6, 6.07) is 4.70. The molecule has 1 saturated heterocycles. The van der Waals surface area contributed by atoms with Crippen LogP contribution in [0.25, 0.3) is 0 Å². The Bertz CT molecular complexity index is 364. The molecule has 18 heavy (non-hydrogen) atoms. The molecule has 1 unspecified atom stereocenters. The zero-order chi connectivity index (χ0) is 13.0. The number of nitrogens with zero attached hydrogens (tertiary/aromatic N) is 2. The molecular weight excluding hydrogens is 226 g/mol. The third-order valence-electron chi connectivity index (χ3n) is 3.66. The van der Waals surface area contributed by atoms with Crippen LogP contribution in [0.1, 0.15) is 44.2 Å². The number of aromatic nitrogens is 1. The zero-order valence-electron chi connectivity index (χ0n) is 11.0. The summed E-state index contributed by atoms with van der Waals surface area (Å²) in [5, 5.41) is 8.93. The van der Waals surface area contributed by atoms with Gasteiger partial charge in [-0.1, -0.05) is 6.07 Å². The van der Waals surface area contributed by atoms with Gasteiger partial charge in [-0.15, -0.1) is 0 Å². The van der Waals surface area contributed by atoms with Crippen LogP contribution in [-0.2, 0) is 0 Å². The second-order valence-corrected chi connectivity index (χ2v) is 5.09. The maximum atomic E-state index is 8.93. The normalized spacial score (nSPS) is 21.3. The molecule has 4 heteroatoms. The summed E-state index contributed by atoms with van der Waals surface area (Å²) in [6.45, 7) is 3.32. The van der Waals surface area contributed by atoms with Crippen molar-refractivity contribution in [3.63, 3.8) is 0 Å². The Hall–Kier alpha value is -1.13. The molecule has 2 heterocycles. The highest BCUT2D eigenvalue weighted by molar-refractivity contribution is 5.42.